The predicted octanol–water partition coefficient (Wildman–Crippen LogP) is 1.38. The van der Waals surface area contributed by atoms with E-state index in [2.05, 4.69) is 38.5 Å². The highest BCUT2D eigenvalue weighted by Gasteiger charge is 2.31. The minimum Gasteiger partial charge on any atom is -0.376 e. The number of ether oxygens (including phenoxy) is 1. The molecule has 6 nitrogen and oxygen atoms in total. The van der Waals surface area contributed by atoms with E-state index in [1.165, 1.54) is 44.6 Å². The van der Waals surface area contributed by atoms with E-state index >= 15 is 0 Å². The molecular weight excluding hydrogens is 290 g/mol. The lowest BCUT2D eigenvalue weighted by Gasteiger charge is -2.41. The zero-order valence-corrected chi connectivity index (χ0v) is 14.4. The molecule has 0 amide bonds. The summed E-state index contributed by atoms with van der Waals surface area (Å²) in [5.41, 5.74) is 0. The Morgan fingerprint density at radius 1 is 1.09 bits per heavy atom. The monoisotopic (exact) mass is 319 g/mol. The number of likely N-dealkylation sites (tertiary alicyclic amines) is 1. The minimum atomic E-state index is 0.390. The van der Waals surface area contributed by atoms with E-state index in [1.807, 2.05) is 0 Å². The predicted molar refractivity (Wildman–Crippen MR) is 88.3 cm³/mol. The quantitative estimate of drug-likeness (QED) is 0.839. The van der Waals surface area contributed by atoms with Crippen LogP contribution in [0.4, 0.5) is 0 Å². The third kappa shape index (κ3) is 3.44. The average molecular weight is 319 g/mol. The summed E-state index contributed by atoms with van der Waals surface area (Å²) in [7, 11) is 2.13. The second kappa shape index (κ2) is 6.49. The number of hydrogen-bond acceptors (Lipinski definition) is 5. The maximum absolute atomic E-state index is 5.67. The van der Waals surface area contributed by atoms with Gasteiger partial charge < -0.3 is 9.30 Å². The van der Waals surface area contributed by atoms with Crippen molar-refractivity contribution in [1.29, 1.82) is 0 Å². The molecule has 1 aliphatic carbocycles. The molecule has 4 rings (SSSR count). The number of aromatic nitrogens is 3. The molecule has 1 aromatic heterocycles. The highest BCUT2D eigenvalue weighted by Crippen LogP contribution is 2.38. The molecule has 0 bridgehead atoms. The van der Waals surface area contributed by atoms with Crippen molar-refractivity contribution in [3.05, 3.63) is 11.6 Å². The fraction of sp³-hybridized carbons (Fsp3) is 0.882. The molecule has 23 heavy (non-hydrogen) atoms. The van der Waals surface area contributed by atoms with Crippen LogP contribution in [-0.4, -0.2) is 69.5 Å². The molecule has 1 unspecified atom stereocenters. The Hall–Kier alpha value is -0.980. The molecule has 128 valence electrons. The summed E-state index contributed by atoms with van der Waals surface area (Å²) in [4.78, 5) is 5.18. The van der Waals surface area contributed by atoms with E-state index in [-0.39, 0.29) is 0 Å². The second-order valence-corrected chi connectivity index (χ2v) is 7.49. The topological polar surface area (TPSA) is 46.4 Å². The summed E-state index contributed by atoms with van der Waals surface area (Å²) in [6, 6.07) is 0.735. The maximum Gasteiger partial charge on any atom is 0.146 e. The first-order valence-electron chi connectivity index (χ1n) is 9.17. The molecule has 3 fully saturated rings. The van der Waals surface area contributed by atoms with Gasteiger partial charge in [-0.15, -0.1) is 10.2 Å². The maximum atomic E-state index is 5.67. The van der Waals surface area contributed by atoms with Crippen molar-refractivity contribution in [2.24, 2.45) is 7.05 Å². The molecule has 2 saturated heterocycles. The van der Waals surface area contributed by atoms with Crippen molar-refractivity contribution in [2.75, 3.05) is 32.8 Å². The van der Waals surface area contributed by atoms with Gasteiger partial charge in [-0.3, -0.25) is 9.80 Å². The van der Waals surface area contributed by atoms with Crippen molar-refractivity contribution < 1.29 is 4.74 Å². The standard InChI is InChI=1S/C17H29N5O/c1-13-11-22(9-10-23-13)15-5-7-21(8-6-15)12-16-18-19-17(20(16)2)14-3-4-14/h13-15H,3-12H2,1-2H3. The van der Waals surface area contributed by atoms with Gasteiger partial charge in [0.2, 0.25) is 0 Å². The Kier molecular flexibility index (Phi) is 4.39. The van der Waals surface area contributed by atoms with Crippen molar-refractivity contribution in [1.82, 2.24) is 24.6 Å². The summed E-state index contributed by atoms with van der Waals surface area (Å²) >= 11 is 0. The highest BCUT2D eigenvalue weighted by atomic mass is 16.5. The molecule has 2 aliphatic heterocycles. The zero-order valence-electron chi connectivity index (χ0n) is 14.4. The van der Waals surface area contributed by atoms with Gasteiger partial charge in [-0.1, -0.05) is 0 Å². The van der Waals surface area contributed by atoms with Crippen LogP contribution in [0, 0.1) is 0 Å². The van der Waals surface area contributed by atoms with Crippen LogP contribution >= 0.6 is 0 Å². The molecule has 3 heterocycles. The lowest BCUT2D eigenvalue weighted by atomic mass is 10.0. The van der Waals surface area contributed by atoms with Crippen molar-refractivity contribution in [3.63, 3.8) is 0 Å². The van der Waals surface area contributed by atoms with E-state index < -0.39 is 0 Å². The normalized spacial score (nSPS) is 28.3. The van der Waals surface area contributed by atoms with Gasteiger partial charge in [0.15, 0.2) is 0 Å². The van der Waals surface area contributed by atoms with Crippen LogP contribution < -0.4 is 0 Å². The van der Waals surface area contributed by atoms with E-state index in [1.54, 1.807) is 0 Å². The number of morpholine rings is 1. The third-order valence-electron chi connectivity index (χ3n) is 5.65. The van der Waals surface area contributed by atoms with E-state index in [0.29, 0.717) is 12.0 Å². The van der Waals surface area contributed by atoms with Gasteiger partial charge in [0.05, 0.1) is 19.3 Å². The minimum absolute atomic E-state index is 0.390. The Morgan fingerprint density at radius 2 is 1.87 bits per heavy atom. The first-order chi connectivity index (χ1) is 11.2. The molecule has 0 radical (unpaired) electrons. The van der Waals surface area contributed by atoms with E-state index in [4.69, 9.17) is 4.74 Å². The Morgan fingerprint density at radius 3 is 2.57 bits per heavy atom. The second-order valence-electron chi connectivity index (χ2n) is 7.49. The van der Waals surface area contributed by atoms with Crippen LogP contribution in [0.2, 0.25) is 0 Å². The average Bonchev–Trinajstić information content (AvgIpc) is 3.34. The van der Waals surface area contributed by atoms with Gasteiger partial charge in [-0.25, -0.2) is 0 Å². The van der Waals surface area contributed by atoms with Crippen LogP contribution in [0.3, 0.4) is 0 Å². The van der Waals surface area contributed by atoms with Crippen LogP contribution in [0.25, 0.3) is 0 Å². The Bertz CT molecular complexity index is 533. The molecule has 0 aromatic carbocycles. The van der Waals surface area contributed by atoms with Gasteiger partial charge >= 0.3 is 0 Å². The number of piperidine rings is 1. The van der Waals surface area contributed by atoms with Crippen molar-refractivity contribution >= 4 is 0 Å². The molecule has 3 aliphatic rings. The van der Waals surface area contributed by atoms with Crippen LogP contribution in [0.5, 0.6) is 0 Å². The summed E-state index contributed by atoms with van der Waals surface area (Å²) in [6.07, 6.45) is 5.49. The summed E-state index contributed by atoms with van der Waals surface area (Å²) < 4.78 is 7.90. The van der Waals surface area contributed by atoms with Crippen LogP contribution in [-0.2, 0) is 18.3 Å². The first kappa shape index (κ1) is 15.5. The Balaban J connectivity index is 1.29. The summed E-state index contributed by atoms with van der Waals surface area (Å²) in [5.74, 6) is 3.00. The first-order valence-corrected chi connectivity index (χ1v) is 9.17. The molecule has 0 spiro atoms. The van der Waals surface area contributed by atoms with E-state index in [9.17, 15) is 0 Å². The van der Waals surface area contributed by atoms with Gasteiger partial charge in [0.25, 0.3) is 0 Å². The van der Waals surface area contributed by atoms with E-state index in [0.717, 1.165) is 38.1 Å². The number of hydrogen-bond donors (Lipinski definition) is 0. The fourth-order valence-corrected chi connectivity index (χ4v) is 4.03. The third-order valence-corrected chi connectivity index (χ3v) is 5.65. The zero-order chi connectivity index (χ0) is 15.8. The lowest BCUT2D eigenvalue weighted by molar-refractivity contribution is -0.0438. The molecular formula is C17H29N5O. The molecule has 1 saturated carbocycles. The number of rotatable bonds is 4. The van der Waals surface area contributed by atoms with Gasteiger partial charge in [0, 0.05) is 45.2 Å². The number of nitrogens with zero attached hydrogens (tertiary/aromatic N) is 5. The molecule has 6 heteroatoms. The van der Waals surface area contributed by atoms with Crippen LogP contribution in [0.15, 0.2) is 0 Å². The lowest BCUT2D eigenvalue weighted by Crippen LogP contribution is -2.50. The smallest absolute Gasteiger partial charge is 0.146 e. The molecule has 0 N–H and O–H groups in total. The van der Waals surface area contributed by atoms with Crippen molar-refractivity contribution in [2.45, 2.75) is 57.2 Å². The SMILES string of the molecule is CC1CN(C2CCN(Cc3nnc(C4CC4)n3C)CC2)CCO1. The van der Waals surface area contributed by atoms with Gasteiger partial charge in [-0.05, 0) is 32.6 Å². The van der Waals surface area contributed by atoms with Crippen molar-refractivity contribution in [3.8, 4) is 0 Å². The summed E-state index contributed by atoms with van der Waals surface area (Å²) in [6.45, 7) is 8.56. The molecule has 1 atom stereocenters. The van der Waals surface area contributed by atoms with Crippen LogP contribution in [0.1, 0.15) is 50.2 Å². The fourth-order valence-electron chi connectivity index (χ4n) is 4.03. The summed E-state index contributed by atoms with van der Waals surface area (Å²) in [5, 5.41) is 8.84. The van der Waals surface area contributed by atoms with Gasteiger partial charge in [-0.2, -0.15) is 0 Å². The highest BCUT2D eigenvalue weighted by molar-refractivity contribution is 5.07. The molecule has 1 aromatic rings. The Labute approximate surface area is 138 Å². The largest absolute Gasteiger partial charge is 0.376 e. The van der Waals surface area contributed by atoms with Gasteiger partial charge in [0.1, 0.15) is 11.6 Å².